The van der Waals surface area contributed by atoms with E-state index in [9.17, 15) is 0 Å². The Morgan fingerprint density at radius 3 is 2.79 bits per heavy atom. The average molecular weight is 183 g/mol. The van der Waals surface area contributed by atoms with E-state index >= 15 is 0 Å². The molecule has 0 fully saturated rings. The Hall–Kier alpha value is -1.50. The lowest BCUT2D eigenvalue weighted by Gasteiger charge is -2.02. The fourth-order valence-corrected chi connectivity index (χ4v) is 2.43. The first-order valence-electron chi connectivity index (χ1n) is 5.00. The standard InChI is InChI=1S/C13H13N/c1-9-13-11(8-14(9)2)7-10-5-3-4-6-12(10)13/h3-6,8H,7H2,1-2H3. The van der Waals surface area contributed by atoms with Crippen LogP contribution in [0.15, 0.2) is 30.5 Å². The van der Waals surface area contributed by atoms with Crippen LogP contribution in [0.3, 0.4) is 0 Å². The summed E-state index contributed by atoms with van der Waals surface area (Å²) < 4.78 is 2.22. The zero-order chi connectivity index (χ0) is 9.71. The van der Waals surface area contributed by atoms with E-state index in [1.807, 2.05) is 0 Å². The Labute approximate surface area is 84.0 Å². The monoisotopic (exact) mass is 183 g/mol. The Morgan fingerprint density at radius 1 is 1.14 bits per heavy atom. The summed E-state index contributed by atoms with van der Waals surface area (Å²) in [7, 11) is 2.12. The second kappa shape index (κ2) is 2.50. The van der Waals surface area contributed by atoms with Crippen molar-refractivity contribution in [2.24, 2.45) is 7.05 Å². The first-order chi connectivity index (χ1) is 6.77. The van der Waals surface area contributed by atoms with Gasteiger partial charge in [0.25, 0.3) is 0 Å². The average Bonchev–Trinajstić information content (AvgIpc) is 2.65. The number of aryl methyl sites for hydroxylation is 1. The Morgan fingerprint density at radius 2 is 1.93 bits per heavy atom. The van der Waals surface area contributed by atoms with Gasteiger partial charge < -0.3 is 4.57 Å². The van der Waals surface area contributed by atoms with E-state index in [2.05, 4.69) is 49.0 Å². The van der Waals surface area contributed by atoms with Crippen LogP contribution in [-0.2, 0) is 13.5 Å². The highest BCUT2D eigenvalue weighted by molar-refractivity contribution is 5.78. The highest BCUT2D eigenvalue weighted by Gasteiger charge is 2.21. The maximum Gasteiger partial charge on any atom is 0.0222 e. The predicted octanol–water partition coefficient (Wildman–Crippen LogP) is 2.90. The predicted molar refractivity (Wildman–Crippen MR) is 58.4 cm³/mol. The minimum Gasteiger partial charge on any atom is -0.354 e. The summed E-state index contributed by atoms with van der Waals surface area (Å²) in [6.45, 7) is 2.20. The van der Waals surface area contributed by atoms with Gasteiger partial charge in [-0.2, -0.15) is 0 Å². The van der Waals surface area contributed by atoms with Gasteiger partial charge >= 0.3 is 0 Å². The van der Waals surface area contributed by atoms with Gasteiger partial charge in [0.05, 0.1) is 0 Å². The van der Waals surface area contributed by atoms with Crippen molar-refractivity contribution in [3.05, 3.63) is 47.3 Å². The van der Waals surface area contributed by atoms with Crippen molar-refractivity contribution in [3.63, 3.8) is 0 Å². The minimum atomic E-state index is 1.10. The van der Waals surface area contributed by atoms with Crippen LogP contribution in [0.5, 0.6) is 0 Å². The normalized spacial score (nSPS) is 12.7. The van der Waals surface area contributed by atoms with Gasteiger partial charge in [0.2, 0.25) is 0 Å². The van der Waals surface area contributed by atoms with Crippen molar-refractivity contribution < 1.29 is 0 Å². The van der Waals surface area contributed by atoms with Crippen LogP contribution in [0.2, 0.25) is 0 Å². The molecule has 0 saturated heterocycles. The fraction of sp³-hybridized carbons (Fsp3) is 0.231. The summed E-state index contributed by atoms with van der Waals surface area (Å²) in [5.74, 6) is 0. The molecule has 0 N–H and O–H groups in total. The lowest BCUT2D eigenvalue weighted by atomic mass is 10.1. The molecule has 1 aliphatic rings. The second-order valence-corrected chi connectivity index (χ2v) is 4.06. The van der Waals surface area contributed by atoms with Gasteiger partial charge in [0.1, 0.15) is 0 Å². The summed E-state index contributed by atoms with van der Waals surface area (Å²) in [6, 6.07) is 8.71. The van der Waals surface area contributed by atoms with Crippen molar-refractivity contribution in [1.29, 1.82) is 0 Å². The first kappa shape index (κ1) is 7.86. The molecular formula is C13H13N. The van der Waals surface area contributed by atoms with Crippen LogP contribution >= 0.6 is 0 Å². The molecule has 3 rings (SSSR count). The van der Waals surface area contributed by atoms with Crippen LogP contribution in [-0.4, -0.2) is 4.57 Å². The Balaban J connectivity index is 2.34. The fourth-order valence-electron chi connectivity index (χ4n) is 2.43. The van der Waals surface area contributed by atoms with Gasteiger partial charge in [-0.3, -0.25) is 0 Å². The minimum absolute atomic E-state index is 1.10. The molecule has 1 nitrogen and oxygen atoms in total. The molecule has 1 heteroatoms. The number of hydrogen-bond acceptors (Lipinski definition) is 0. The topological polar surface area (TPSA) is 4.93 Å². The summed E-state index contributed by atoms with van der Waals surface area (Å²) in [5.41, 5.74) is 7.22. The smallest absolute Gasteiger partial charge is 0.0222 e. The molecule has 0 amide bonds. The van der Waals surface area contributed by atoms with Crippen molar-refractivity contribution in [2.45, 2.75) is 13.3 Å². The van der Waals surface area contributed by atoms with Crippen LogP contribution < -0.4 is 0 Å². The number of hydrogen-bond donors (Lipinski definition) is 0. The van der Waals surface area contributed by atoms with E-state index in [0.29, 0.717) is 0 Å². The molecule has 0 bridgehead atoms. The zero-order valence-corrected chi connectivity index (χ0v) is 8.54. The van der Waals surface area contributed by atoms with E-state index < -0.39 is 0 Å². The highest BCUT2D eigenvalue weighted by Crippen LogP contribution is 2.39. The molecule has 1 aliphatic carbocycles. The summed E-state index contributed by atoms with van der Waals surface area (Å²) in [5, 5.41) is 0. The van der Waals surface area contributed by atoms with Crippen LogP contribution in [0, 0.1) is 6.92 Å². The third-order valence-electron chi connectivity index (χ3n) is 3.23. The van der Waals surface area contributed by atoms with E-state index in [-0.39, 0.29) is 0 Å². The molecule has 1 heterocycles. The molecular weight excluding hydrogens is 170 g/mol. The van der Waals surface area contributed by atoms with Gasteiger partial charge in [-0.05, 0) is 23.6 Å². The van der Waals surface area contributed by atoms with Crippen molar-refractivity contribution in [1.82, 2.24) is 4.57 Å². The van der Waals surface area contributed by atoms with Crippen LogP contribution in [0.4, 0.5) is 0 Å². The van der Waals surface area contributed by atoms with Crippen molar-refractivity contribution in [3.8, 4) is 11.1 Å². The van der Waals surface area contributed by atoms with E-state index in [1.54, 1.807) is 0 Å². The molecule has 70 valence electrons. The molecule has 0 radical (unpaired) electrons. The van der Waals surface area contributed by atoms with Gasteiger partial charge in [-0.1, -0.05) is 24.3 Å². The molecule has 1 aromatic carbocycles. The van der Waals surface area contributed by atoms with Gasteiger partial charge in [-0.15, -0.1) is 0 Å². The van der Waals surface area contributed by atoms with Crippen LogP contribution in [0.1, 0.15) is 16.8 Å². The molecule has 0 atom stereocenters. The summed E-state index contributed by atoms with van der Waals surface area (Å²) >= 11 is 0. The summed E-state index contributed by atoms with van der Waals surface area (Å²) in [6.07, 6.45) is 3.36. The molecule has 0 saturated carbocycles. The third-order valence-corrected chi connectivity index (χ3v) is 3.23. The highest BCUT2D eigenvalue weighted by atomic mass is 14.9. The number of aromatic nitrogens is 1. The summed E-state index contributed by atoms with van der Waals surface area (Å²) in [4.78, 5) is 0. The van der Waals surface area contributed by atoms with Crippen molar-refractivity contribution >= 4 is 0 Å². The van der Waals surface area contributed by atoms with Gasteiger partial charge in [-0.25, -0.2) is 0 Å². The molecule has 0 unspecified atom stereocenters. The largest absolute Gasteiger partial charge is 0.354 e. The lowest BCUT2D eigenvalue weighted by Crippen LogP contribution is -1.90. The van der Waals surface area contributed by atoms with Crippen LogP contribution in [0.25, 0.3) is 11.1 Å². The molecule has 1 aromatic heterocycles. The zero-order valence-electron chi connectivity index (χ0n) is 8.54. The number of rotatable bonds is 0. The second-order valence-electron chi connectivity index (χ2n) is 4.06. The number of nitrogens with zero attached hydrogens (tertiary/aromatic N) is 1. The number of benzene rings is 1. The number of fused-ring (bicyclic) bond motifs is 3. The Bertz CT molecular complexity index is 506. The van der Waals surface area contributed by atoms with Gasteiger partial charge in [0, 0.05) is 30.9 Å². The van der Waals surface area contributed by atoms with E-state index in [4.69, 9.17) is 0 Å². The molecule has 0 spiro atoms. The third kappa shape index (κ3) is 0.844. The first-order valence-corrected chi connectivity index (χ1v) is 5.00. The Kier molecular flexibility index (Phi) is 1.41. The van der Waals surface area contributed by atoms with E-state index in [1.165, 1.54) is 27.9 Å². The molecule has 0 aliphatic heterocycles. The van der Waals surface area contributed by atoms with Gasteiger partial charge in [0.15, 0.2) is 0 Å². The molecule has 2 aromatic rings. The lowest BCUT2D eigenvalue weighted by molar-refractivity contribution is 0.878. The maximum absolute atomic E-state index is 2.25. The van der Waals surface area contributed by atoms with Crippen molar-refractivity contribution in [2.75, 3.05) is 0 Å². The van der Waals surface area contributed by atoms with E-state index in [0.717, 1.165) is 6.42 Å². The SMILES string of the molecule is Cc1c2c(cn1C)Cc1ccccc1-2. The maximum atomic E-state index is 2.25. The quantitative estimate of drug-likeness (QED) is 0.505. The molecule has 14 heavy (non-hydrogen) atoms.